The van der Waals surface area contributed by atoms with Crippen LogP contribution in [0.2, 0.25) is 0 Å². The zero-order valence-corrected chi connectivity index (χ0v) is 13.8. The summed E-state index contributed by atoms with van der Waals surface area (Å²) in [6.07, 6.45) is 4.10. The fraction of sp³-hybridized carbons (Fsp3) is 0.600. The van der Waals surface area contributed by atoms with Crippen LogP contribution in [0.1, 0.15) is 30.1 Å². The van der Waals surface area contributed by atoms with E-state index in [1.807, 2.05) is 13.0 Å². The van der Waals surface area contributed by atoms with Gasteiger partial charge in [0.05, 0.1) is 5.56 Å². The summed E-state index contributed by atoms with van der Waals surface area (Å²) in [6.45, 7) is 6.08. The van der Waals surface area contributed by atoms with Crippen molar-refractivity contribution in [2.45, 2.75) is 25.8 Å². The molecule has 5 nitrogen and oxygen atoms in total. The van der Waals surface area contributed by atoms with E-state index in [1.165, 1.54) is 25.9 Å². The highest BCUT2D eigenvalue weighted by atomic mass is 79.9. The van der Waals surface area contributed by atoms with Crippen molar-refractivity contribution < 1.29 is 4.79 Å². The molecule has 6 heteroatoms. The van der Waals surface area contributed by atoms with Crippen molar-refractivity contribution in [3.05, 3.63) is 22.3 Å². The molecule has 3 aliphatic rings. The van der Waals surface area contributed by atoms with Crippen molar-refractivity contribution in [1.29, 1.82) is 0 Å². The number of halogens is 1. The molecule has 1 unspecified atom stereocenters. The van der Waals surface area contributed by atoms with Crippen molar-refractivity contribution in [1.82, 2.24) is 15.2 Å². The summed E-state index contributed by atoms with van der Waals surface area (Å²) < 4.78 is 0.822. The van der Waals surface area contributed by atoms with Gasteiger partial charge in [-0.3, -0.25) is 4.79 Å². The highest BCUT2D eigenvalue weighted by Gasteiger charge is 2.35. The minimum absolute atomic E-state index is 0.0292. The second kappa shape index (κ2) is 6.32. The second-order valence-electron chi connectivity index (χ2n) is 5.80. The predicted octanol–water partition coefficient (Wildman–Crippen LogP) is 2.10. The summed E-state index contributed by atoms with van der Waals surface area (Å²) in [4.78, 5) is 19.3. The first-order valence-corrected chi connectivity index (χ1v) is 8.39. The number of rotatable bonds is 4. The van der Waals surface area contributed by atoms with Gasteiger partial charge in [0.1, 0.15) is 5.82 Å². The zero-order valence-electron chi connectivity index (χ0n) is 12.2. The largest absolute Gasteiger partial charge is 0.370 e. The van der Waals surface area contributed by atoms with E-state index in [9.17, 15) is 4.79 Å². The summed E-state index contributed by atoms with van der Waals surface area (Å²) in [5.74, 6) is 1.25. The lowest BCUT2D eigenvalue weighted by atomic mass is 9.84. The van der Waals surface area contributed by atoms with E-state index in [0.29, 0.717) is 17.3 Å². The van der Waals surface area contributed by atoms with E-state index in [2.05, 4.69) is 36.4 Å². The topological polar surface area (TPSA) is 57.3 Å². The van der Waals surface area contributed by atoms with Gasteiger partial charge in [-0.1, -0.05) is 0 Å². The number of carbonyl (C=O) groups is 1. The van der Waals surface area contributed by atoms with E-state index in [0.717, 1.165) is 17.6 Å². The third kappa shape index (κ3) is 3.21. The van der Waals surface area contributed by atoms with Crippen LogP contribution in [0.5, 0.6) is 0 Å². The van der Waals surface area contributed by atoms with Gasteiger partial charge in [-0.05, 0) is 60.8 Å². The first-order valence-electron chi connectivity index (χ1n) is 7.60. The van der Waals surface area contributed by atoms with Gasteiger partial charge >= 0.3 is 0 Å². The molecule has 3 aliphatic heterocycles. The lowest BCUT2D eigenvalue weighted by Crippen LogP contribution is -2.57. The Kier molecular flexibility index (Phi) is 4.45. The third-order valence-corrected chi connectivity index (χ3v) is 4.85. The maximum Gasteiger partial charge on any atom is 0.255 e. The number of piperidine rings is 3. The number of hydrogen-bond donors (Lipinski definition) is 2. The van der Waals surface area contributed by atoms with Gasteiger partial charge in [0, 0.05) is 29.8 Å². The molecule has 1 amide bonds. The Balaban J connectivity index is 1.74. The molecule has 4 heterocycles. The number of carbonyl (C=O) groups excluding carboxylic acids is 1. The molecule has 0 aliphatic carbocycles. The highest BCUT2D eigenvalue weighted by Crippen LogP contribution is 2.28. The van der Waals surface area contributed by atoms with Crippen molar-refractivity contribution in [3.8, 4) is 0 Å². The number of pyridine rings is 1. The molecule has 2 bridgehead atoms. The van der Waals surface area contributed by atoms with Crippen molar-refractivity contribution in [2.24, 2.45) is 5.92 Å². The summed E-state index contributed by atoms with van der Waals surface area (Å²) in [5.41, 5.74) is 0.614. The highest BCUT2D eigenvalue weighted by molar-refractivity contribution is 9.10. The molecule has 1 aromatic heterocycles. The van der Waals surface area contributed by atoms with Crippen LogP contribution in [0.15, 0.2) is 16.7 Å². The number of anilines is 1. The molecule has 3 saturated heterocycles. The van der Waals surface area contributed by atoms with Gasteiger partial charge < -0.3 is 15.5 Å². The van der Waals surface area contributed by atoms with E-state index in [1.54, 1.807) is 6.20 Å². The van der Waals surface area contributed by atoms with Crippen LogP contribution in [-0.2, 0) is 0 Å². The fourth-order valence-corrected chi connectivity index (χ4v) is 3.63. The van der Waals surface area contributed by atoms with Crippen LogP contribution in [0.25, 0.3) is 0 Å². The average molecular weight is 353 g/mol. The Morgan fingerprint density at radius 3 is 2.86 bits per heavy atom. The van der Waals surface area contributed by atoms with Crippen LogP contribution in [-0.4, -0.2) is 48.0 Å². The number of nitrogens with one attached hydrogen (secondary N) is 2. The minimum atomic E-state index is -0.0292. The average Bonchev–Trinajstić information content (AvgIpc) is 2.50. The predicted molar refractivity (Wildman–Crippen MR) is 86.5 cm³/mol. The SMILES string of the molecule is CCNc1ncc(Br)cc1C(=O)NC1CN2CCC1CC2. The second-order valence-corrected chi connectivity index (χ2v) is 6.71. The maximum absolute atomic E-state index is 12.6. The molecule has 2 N–H and O–H groups in total. The van der Waals surface area contributed by atoms with E-state index >= 15 is 0 Å². The van der Waals surface area contributed by atoms with E-state index in [-0.39, 0.29) is 11.9 Å². The Morgan fingerprint density at radius 2 is 2.24 bits per heavy atom. The standard InChI is InChI=1S/C15H21BrN4O/c1-2-17-14-12(7-11(16)8-18-14)15(21)19-13-9-20-5-3-10(13)4-6-20/h7-8,10,13H,2-6,9H2,1H3,(H,17,18)(H,19,21). The Bertz CT molecular complexity index is 528. The number of fused-ring (bicyclic) bond motifs is 3. The van der Waals surface area contributed by atoms with Gasteiger partial charge in [-0.25, -0.2) is 4.98 Å². The first-order chi connectivity index (χ1) is 10.2. The van der Waals surface area contributed by atoms with Gasteiger partial charge in [-0.15, -0.1) is 0 Å². The van der Waals surface area contributed by atoms with Crippen LogP contribution >= 0.6 is 15.9 Å². The third-order valence-electron chi connectivity index (χ3n) is 4.42. The van der Waals surface area contributed by atoms with Gasteiger partial charge in [0.2, 0.25) is 0 Å². The molecule has 114 valence electrons. The molecule has 3 fully saturated rings. The Hall–Kier alpha value is -1.14. The van der Waals surface area contributed by atoms with E-state index in [4.69, 9.17) is 0 Å². The molecule has 1 aromatic rings. The Labute approximate surface area is 133 Å². The molecule has 0 spiro atoms. The molecule has 21 heavy (non-hydrogen) atoms. The molecular formula is C15H21BrN4O. The summed E-state index contributed by atoms with van der Waals surface area (Å²) in [7, 11) is 0. The first kappa shape index (κ1) is 14.8. The normalized spacial score (nSPS) is 27.4. The van der Waals surface area contributed by atoms with Crippen molar-refractivity contribution >= 4 is 27.7 Å². The smallest absolute Gasteiger partial charge is 0.255 e. The van der Waals surface area contributed by atoms with Crippen molar-refractivity contribution in [3.63, 3.8) is 0 Å². The minimum Gasteiger partial charge on any atom is -0.370 e. The van der Waals surface area contributed by atoms with Crippen molar-refractivity contribution in [2.75, 3.05) is 31.5 Å². The van der Waals surface area contributed by atoms with Crippen LogP contribution in [0.4, 0.5) is 5.82 Å². The molecule has 0 aromatic carbocycles. The monoisotopic (exact) mass is 352 g/mol. The summed E-state index contributed by atoms with van der Waals surface area (Å²) in [5, 5.41) is 6.36. The zero-order chi connectivity index (χ0) is 14.8. The van der Waals surface area contributed by atoms with Gasteiger partial charge in [-0.2, -0.15) is 0 Å². The van der Waals surface area contributed by atoms with Crippen LogP contribution in [0.3, 0.4) is 0 Å². The number of aromatic nitrogens is 1. The van der Waals surface area contributed by atoms with Gasteiger partial charge in [0.15, 0.2) is 0 Å². The molecule has 1 atom stereocenters. The number of amides is 1. The molecule has 0 saturated carbocycles. The van der Waals surface area contributed by atoms with Crippen LogP contribution < -0.4 is 10.6 Å². The summed E-state index contributed by atoms with van der Waals surface area (Å²) >= 11 is 3.40. The fourth-order valence-electron chi connectivity index (χ4n) is 3.30. The van der Waals surface area contributed by atoms with E-state index < -0.39 is 0 Å². The Morgan fingerprint density at radius 1 is 1.48 bits per heavy atom. The molecule has 0 radical (unpaired) electrons. The molecular weight excluding hydrogens is 332 g/mol. The lowest BCUT2D eigenvalue weighted by Gasteiger charge is -2.44. The summed E-state index contributed by atoms with van der Waals surface area (Å²) in [6, 6.07) is 2.11. The maximum atomic E-state index is 12.6. The van der Waals surface area contributed by atoms with Gasteiger partial charge in [0.25, 0.3) is 5.91 Å². The van der Waals surface area contributed by atoms with Crippen LogP contribution in [0, 0.1) is 5.92 Å². The number of nitrogens with zero attached hydrogens (tertiary/aromatic N) is 2. The quantitative estimate of drug-likeness (QED) is 0.871. The lowest BCUT2D eigenvalue weighted by molar-refractivity contribution is 0.0620. The molecule has 4 rings (SSSR count). The number of hydrogen-bond acceptors (Lipinski definition) is 4.